The molecule has 0 aliphatic heterocycles. The van der Waals surface area contributed by atoms with Crippen molar-refractivity contribution < 1.29 is 10.0 Å². The Morgan fingerprint density at radius 2 is 2.05 bits per heavy atom. The van der Waals surface area contributed by atoms with Crippen molar-refractivity contribution in [1.82, 2.24) is 5.32 Å². The molecule has 5 nitrogen and oxygen atoms in total. The second-order valence-corrected chi connectivity index (χ2v) is 5.21. The van der Waals surface area contributed by atoms with Gasteiger partial charge in [0, 0.05) is 12.1 Å². The van der Waals surface area contributed by atoms with Gasteiger partial charge in [0.2, 0.25) is 0 Å². The second-order valence-electron chi connectivity index (χ2n) is 4.30. The number of hydrogen-bond acceptors (Lipinski definition) is 4. The monoisotopic (exact) mass is 289 g/mol. The zero-order valence-electron chi connectivity index (χ0n) is 11.0. The van der Waals surface area contributed by atoms with Crippen molar-refractivity contribution in [2.75, 3.05) is 0 Å². The number of amides is 1. The van der Waals surface area contributed by atoms with Crippen LogP contribution in [0.3, 0.4) is 0 Å². The Balaban J connectivity index is 1.98. The van der Waals surface area contributed by atoms with Crippen LogP contribution in [0.2, 0.25) is 0 Å². The number of rotatable bonds is 4. The Morgan fingerprint density at radius 1 is 1.35 bits per heavy atom. The summed E-state index contributed by atoms with van der Waals surface area (Å²) in [5, 5.41) is 16.3. The van der Waals surface area contributed by atoms with E-state index < -0.39 is 0 Å². The first-order valence-corrected chi connectivity index (χ1v) is 6.89. The molecule has 0 saturated carbocycles. The molecule has 6 heteroatoms. The number of aryl methyl sites for hydroxylation is 1. The molecule has 1 amide bonds. The molecule has 1 aromatic carbocycles. The standard InChI is InChI=1S/C14H15N3O2S/c1-9-6-7-20-12(9)14(18)16-8-10-2-4-11(5-3-10)13(15)17-19/h2-7,19H,8H2,1H3,(H2,15,17)(H,16,18). The first-order chi connectivity index (χ1) is 9.61. The summed E-state index contributed by atoms with van der Waals surface area (Å²) in [5.41, 5.74) is 8.04. The van der Waals surface area contributed by atoms with E-state index in [2.05, 4.69) is 10.5 Å². The molecule has 2 aromatic rings. The lowest BCUT2D eigenvalue weighted by Crippen LogP contribution is -2.22. The molecule has 0 bridgehead atoms. The lowest BCUT2D eigenvalue weighted by Gasteiger charge is -2.06. The number of nitrogens with zero attached hydrogens (tertiary/aromatic N) is 1. The van der Waals surface area contributed by atoms with Crippen LogP contribution in [0.4, 0.5) is 0 Å². The highest BCUT2D eigenvalue weighted by Gasteiger charge is 2.09. The normalized spacial score (nSPS) is 11.3. The maximum atomic E-state index is 11.9. The molecule has 0 unspecified atom stereocenters. The van der Waals surface area contributed by atoms with Crippen LogP contribution in [0.15, 0.2) is 40.9 Å². The zero-order valence-corrected chi connectivity index (χ0v) is 11.8. The van der Waals surface area contributed by atoms with Crippen molar-refractivity contribution in [3.8, 4) is 0 Å². The number of oxime groups is 1. The predicted octanol–water partition coefficient (Wildman–Crippen LogP) is 2.08. The van der Waals surface area contributed by atoms with E-state index in [1.807, 2.05) is 30.5 Å². The topological polar surface area (TPSA) is 87.7 Å². The molecule has 2 rings (SSSR count). The maximum absolute atomic E-state index is 11.9. The van der Waals surface area contributed by atoms with E-state index >= 15 is 0 Å². The average Bonchev–Trinajstić information content (AvgIpc) is 2.90. The molecule has 0 atom stereocenters. The van der Waals surface area contributed by atoms with Gasteiger partial charge in [-0.2, -0.15) is 0 Å². The molecular weight excluding hydrogens is 274 g/mol. The van der Waals surface area contributed by atoms with Gasteiger partial charge in [-0.25, -0.2) is 0 Å². The fraction of sp³-hybridized carbons (Fsp3) is 0.143. The summed E-state index contributed by atoms with van der Waals surface area (Å²) in [6, 6.07) is 9.06. The van der Waals surface area contributed by atoms with E-state index in [9.17, 15) is 4.79 Å². The van der Waals surface area contributed by atoms with Gasteiger partial charge < -0.3 is 16.3 Å². The molecule has 1 aromatic heterocycles. The van der Waals surface area contributed by atoms with Crippen molar-refractivity contribution in [2.45, 2.75) is 13.5 Å². The van der Waals surface area contributed by atoms with Crippen LogP contribution in [0.25, 0.3) is 0 Å². The van der Waals surface area contributed by atoms with Gasteiger partial charge in [-0.05, 0) is 29.5 Å². The first kappa shape index (κ1) is 14.1. The van der Waals surface area contributed by atoms with Crippen LogP contribution in [0.1, 0.15) is 26.4 Å². The summed E-state index contributed by atoms with van der Waals surface area (Å²) >= 11 is 1.43. The molecule has 1 heterocycles. The molecule has 104 valence electrons. The third-order valence-electron chi connectivity index (χ3n) is 2.88. The SMILES string of the molecule is Cc1ccsc1C(=O)NCc1ccc(C(N)=NO)cc1. The summed E-state index contributed by atoms with van der Waals surface area (Å²) in [7, 11) is 0. The van der Waals surface area contributed by atoms with Crippen molar-refractivity contribution in [2.24, 2.45) is 10.9 Å². The molecule has 0 spiro atoms. The highest BCUT2D eigenvalue weighted by molar-refractivity contribution is 7.12. The van der Waals surface area contributed by atoms with Gasteiger partial charge in [0.25, 0.3) is 5.91 Å². The fourth-order valence-electron chi connectivity index (χ4n) is 1.72. The first-order valence-electron chi connectivity index (χ1n) is 6.01. The Kier molecular flexibility index (Phi) is 4.37. The summed E-state index contributed by atoms with van der Waals surface area (Å²) in [4.78, 5) is 12.7. The zero-order chi connectivity index (χ0) is 14.5. The van der Waals surface area contributed by atoms with Gasteiger partial charge >= 0.3 is 0 Å². The van der Waals surface area contributed by atoms with Crippen LogP contribution in [0.5, 0.6) is 0 Å². The minimum Gasteiger partial charge on any atom is -0.409 e. The Morgan fingerprint density at radius 3 is 2.60 bits per heavy atom. The lowest BCUT2D eigenvalue weighted by atomic mass is 10.1. The van der Waals surface area contributed by atoms with Crippen molar-refractivity contribution in [3.05, 3.63) is 57.3 Å². The van der Waals surface area contributed by atoms with E-state index in [1.165, 1.54) is 11.3 Å². The quantitative estimate of drug-likeness (QED) is 0.348. The molecule has 0 fully saturated rings. The number of nitrogens with two attached hydrogens (primary N) is 1. The number of carbonyl (C=O) groups excluding carboxylic acids is 1. The number of nitrogens with one attached hydrogen (secondary N) is 1. The Hall–Kier alpha value is -2.34. The molecule has 0 saturated heterocycles. The van der Waals surface area contributed by atoms with E-state index in [1.54, 1.807) is 12.1 Å². The number of thiophene rings is 1. The highest BCUT2D eigenvalue weighted by atomic mass is 32.1. The Bertz CT molecular complexity index is 632. The van der Waals surface area contributed by atoms with Crippen LogP contribution in [-0.2, 0) is 6.54 Å². The number of carbonyl (C=O) groups is 1. The molecule has 0 aliphatic rings. The molecule has 4 N–H and O–H groups in total. The largest absolute Gasteiger partial charge is 0.409 e. The van der Waals surface area contributed by atoms with Crippen LogP contribution < -0.4 is 11.1 Å². The summed E-state index contributed by atoms with van der Waals surface area (Å²) in [5.74, 6) is -0.00666. The van der Waals surface area contributed by atoms with Gasteiger partial charge in [-0.3, -0.25) is 4.79 Å². The summed E-state index contributed by atoms with van der Waals surface area (Å²) in [6.45, 7) is 2.35. The van der Waals surface area contributed by atoms with E-state index in [4.69, 9.17) is 10.9 Å². The minimum absolute atomic E-state index is 0.0646. The van der Waals surface area contributed by atoms with E-state index in [0.29, 0.717) is 12.1 Å². The number of amidine groups is 1. The summed E-state index contributed by atoms with van der Waals surface area (Å²) in [6.07, 6.45) is 0. The summed E-state index contributed by atoms with van der Waals surface area (Å²) < 4.78 is 0. The van der Waals surface area contributed by atoms with Gasteiger partial charge in [0.1, 0.15) is 0 Å². The van der Waals surface area contributed by atoms with E-state index in [0.717, 1.165) is 16.0 Å². The number of hydrogen-bond donors (Lipinski definition) is 3. The molecular formula is C14H15N3O2S. The van der Waals surface area contributed by atoms with Gasteiger partial charge in [0.05, 0.1) is 4.88 Å². The lowest BCUT2D eigenvalue weighted by molar-refractivity contribution is 0.0954. The van der Waals surface area contributed by atoms with E-state index in [-0.39, 0.29) is 11.7 Å². The fourth-order valence-corrected chi connectivity index (χ4v) is 2.56. The second kappa shape index (κ2) is 6.21. The van der Waals surface area contributed by atoms with Crippen molar-refractivity contribution in [1.29, 1.82) is 0 Å². The smallest absolute Gasteiger partial charge is 0.261 e. The third-order valence-corrected chi connectivity index (χ3v) is 3.89. The van der Waals surface area contributed by atoms with Crippen LogP contribution in [-0.4, -0.2) is 17.0 Å². The number of benzene rings is 1. The average molecular weight is 289 g/mol. The predicted molar refractivity (Wildman–Crippen MR) is 79.2 cm³/mol. The van der Waals surface area contributed by atoms with Gasteiger partial charge in [-0.1, -0.05) is 29.4 Å². The van der Waals surface area contributed by atoms with Crippen LogP contribution >= 0.6 is 11.3 Å². The molecule has 0 aliphatic carbocycles. The van der Waals surface area contributed by atoms with Crippen LogP contribution in [0, 0.1) is 6.92 Å². The molecule has 0 radical (unpaired) electrons. The van der Waals surface area contributed by atoms with Crippen molar-refractivity contribution >= 4 is 23.1 Å². The van der Waals surface area contributed by atoms with Crippen molar-refractivity contribution in [3.63, 3.8) is 0 Å². The minimum atomic E-state index is -0.0713. The third kappa shape index (κ3) is 3.16. The maximum Gasteiger partial charge on any atom is 0.261 e. The Labute approximate surface area is 120 Å². The highest BCUT2D eigenvalue weighted by Crippen LogP contribution is 2.15. The van der Waals surface area contributed by atoms with Gasteiger partial charge in [0.15, 0.2) is 5.84 Å². The molecule has 20 heavy (non-hydrogen) atoms. The van der Waals surface area contributed by atoms with Gasteiger partial charge in [-0.15, -0.1) is 11.3 Å².